The number of carbonyl (C=O) groups is 1. The molecule has 6 nitrogen and oxygen atoms in total. The van der Waals surface area contributed by atoms with Gasteiger partial charge in [-0.15, -0.1) is 0 Å². The number of benzene rings is 1. The zero-order valence-corrected chi connectivity index (χ0v) is 12.2. The van der Waals surface area contributed by atoms with Crippen LogP contribution in [0.4, 0.5) is 5.69 Å². The van der Waals surface area contributed by atoms with Crippen LogP contribution in [0.2, 0.25) is 0 Å². The summed E-state index contributed by atoms with van der Waals surface area (Å²) in [4.78, 5) is 21.5. The molecule has 1 aromatic carbocycles. The van der Waals surface area contributed by atoms with Crippen molar-refractivity contribution in [3.8, 4) is 0 Å². The van der Waals surface area contributed by atoms with Gasteiger partial charge in [0.05, 0.1) is 9.40 Å². The molecule has 0 unspecified atom stereocenters. The van der Waals surface area contributed by atoms with E-state index in [0.717, 1.165) is 5.56 Å². The highest BCUT2D eigenvalue weighted by Crippen LogP contribution is 2.25. The zero-order chi connectivity index (χ0) is 14.3. The van der Waals surface area contributed by atoms with Gasteiger partial charge in [-0.3, -0.25) is 14.9 Å². The van der Waals surface area contributed by atoms with Crippen molar-refractivity contribution in [2.45, 2.75) is 19.9 Å². The lowest BCUT2D eigenvalue weighted by molar-refractivity contribution is -0.385. The predicted molar refractivity (Wildman–Crippen MR) is 75.8 cm³/mol. The van der Waals surface area contributed by atoms with Gasteiger partial charge in [0, 0.05) is 32.1 Å². The molecular formula is C12H16BrN3O3. The van der Waals surface area contributed by atoms with E-state index in [1.165, 1.54) is 6.07 Å². The Morgan fingerprint density at radius 1 is 1.47 bits per heavy atom. The minimum Gasteiger partial charge on any atom is -0.356 e. The van der Waals surface area contributed by atoms with Crippen LogP contribution in [-0.4, -0.2) is 23.9 Å². The molecule has 1 rings (SSSR count). The molecule has 0 saturated carbocycles. The Labute approximate surface area is 119 Å². The van der Waals surface area contributed by atoms with E-state index >= 15 is 0 Å². The van der Waals surface area contributed by atoms with E-state index in [1.807, 2.05) is 6.92 Å². The molecule has 7 heteroatoms. The molecular weight excluding hydrogens is 314 g/mol. The van der Waals surface area contributed by atoms with E-state index in [2.05, 4.69) is 26.6 Å². The number of halogens is 1. The summed E-state index contributed by atoms with van der Waals surface area (Å²) < 4.78 is 0.462. The third-order valence-corrected chi connectivity index (χ3v) is 3.11. The number of hydrogen-bond acceptors (Lipinski definition) is 4. The van der Waals surface area contributed by atoms with Gasteiger partial charge in [0.25, 0.3) is 5.69 Å². The van der Waals surface area contributed by atoms with Gasteiger partial charge in [-0.2, -0.15) is 0 Å². The van der Waals surface area contributed by atoms with Gasteiger partial charge in [0.2, 0.25) is 5.91 Å². The maximum atomic E-state index is 11.2. The monoisotopic (exact) mass is 329 g/mol. The minimum atomic E-state index is -0.428. The Hall–Kier alpha value is -1.47. The standard InChI is InChI=1S/C12H16BrN3O3/c1-2-15-12(17)5-6-14-8-9-3-4-10(13)11(7-9)16(18)19/h3-4,7,14H,2,5-6,8H2,1H3,(H,15,17). The predicted octanol–water partition coefficient (Wildman–Crippen LogP) is 1.97. The van der Waals surface area contributed by atoms with Crippen LogP contribution in [0.5, 0.6) is 0 Å². The van der Waals surface area contributed by atoms with Crippen molar-refractivity contribution in [2.24, 2.45) is 0 Å². The highest BCUT2D eigenvalue weighted by atomic mass is 79.9. The van der Waals surface area contributed by atoms with E-state index in [-0.39, 0.29) is 11.6 Å². The lowest BCUT2D eigenvalue weighted by Gasteiger charge is -2.05. The molecule has 1 amide bonds. The Kier molecular flexibility index (Phi) is 6.44. The van der Waals surface area contributed by atoms with Crippen molar-refractivity contribution in [1.82, 2.24) is 10.6 Å². The first-order valence-electron chi connectivity index (χ1n) is 5.94. The summed E-state index contributed by atoms with van der Waals surface area (Å²) in [6.07, 6.45) is 0.395. The lowest BCUT2D eigenvalue weighted by atomic mass is 10.2. The molecule has 0 fully saturated rings. The van der Waals surface area contributed by atoms with Crippen molar-refractivity contribution < 1.29 is 9.72 Å². The summed E-state index contributed by atoms with van der Waals surface area (Å²) >= 11 is 3.13. The Morgan fingerprint density at radius 2 is 2.21 bits per heavy atom. The molecule has 104 valence electrons. The number of carbonyl (C=O) groups excluding carboxylic acids is 1. The number of nitrogens with zero attached hydrogens (tertiary/aromatic N) is 1. The van der Waals surface area contributed by atoms with Gasteiger partial charge in [0.15, 0.2) is 0 Å². The van der Waals surface area contributed by atoms with Crippen LogP contribution in [0.3, 0.4) is 0 Å². The van der Waals surface area contributed by atoms with Gasteiger partial charge in [-0.25, -0.2) is 0 Å². The van der Waals surface area contributed by atoms with Crippen LogP contribution >= 0.6 is 15.9 Å². The van der Waals surface area contributed by atoms with Gasteiger partial charge >= 0.3 is 0 Å². The fourth-order valence-electron chi connectivity index (χ4n) is 1.53. The first-order valence-corrected chi connectivity index (χ1v) is 6.74. The molecule has 1 aromatic rings. The van der Waals surface area contributed by atoms with Crippen LogP contribution in [0, 0.1) is 10.1 Å². The molecule has 0 heterocycles. The Morgan fingerprint density at radius 3 is 2.84 bits per heavy atom. The highest BCUT2D eigenvalue weighted by Gasteiger charge is 2.11. The Balaban J connectivity index is 2.44. The number of hydrogen-bond donors (Lipinski definition) is 2. The Bertz CT molecular complexity index is 466. The second kappa shape index (κ2) is 7.85. The molecule has 0 aliphatic heterocycles. The third kappa shape index (κ3) is 5.35. The topological polar surface area (TPSA) is 84.3 Å². The quantitative estimate of drug-likeness (QED) is 0.455. The van der Waals surface area contributed by atoms with Crippen LogP contribution in [0.25, 0.3) is 0 Å². The van der Waals surface area contributed by atoms with Crippen LogP contribution in [0.1, 0.15) is 18.9 Å². The number of amides is 1. The number of nitrogens with one attached hydrogen (secondary N) is 2. The maximum Gasteiger partial charge on any atom is 0.283 e. The molecule has 19 heavy (non-hydrogen) atoms. The lowest BCUT2D eigenvalue weighted by Crippen LogP contribution is -2.27. The second-order valence-corrected chi connectivity index (χ2v) is 4.78. The highest BCUT2D eigenvalue weighted by molar-refractivity contribution is 9.10. The fourth-order valence-corrected chi connectivity index (χ4v) is 1.92. The summed E-state index contributed by atoms with van der Waals surface area (Å²) in [5, 5.41) is 16.5. The van der Waals surface area contributed by atoms with Crippen molar-refractivity contribution in [1.29, 1.82) is 0 Å². The van der Waals surface area contributed by atoms with Gasteiger partial charge in [0.1, 0.15) is 0 Å². The van der Waals surface area contributed by atoms with E-state index < -0.39 is 4.92 Å². The van der Waals surface area contributed by atoms with Crippen molar-refractivity contribution in [2.75, 3.05) is 13.1 Å². The smallest absolute Gasteiger partial charge is 0.283 e. The van der Waals surface area contributed by atoms with Crippen LogP contribution in [-0.2, 0) is 11.3 Å². The van der Waals surface area contributed by atoms with Crippen molar-refractivity contribution in [3.05, 3.63) is 38.3 Å². The normalized spacial score (nSPS) is 10.2. The second-order valence-electron chi connectivity index (χ2n) is 3.92. The molecule has 2 N–H and O–H groups in total. The first kappa shape index (κ1) is 15.6. The molecule has 0 aromatic heterocycles. The maximum absolute atomic E-state index is 11.2. The van der Waals surface area contributed by atoms with Crippen molar-refractivity contribution >= 4 is 27.5 Å². The summed E-state index contributed by atoms with van der Waals surface area (Å²) in [5.41, 5.74) is 0.855. The van der Waals surface area contributed by atoms with Gasteiger partial charge in [-0.05, 0) is 34.5 Å². The molecule has 0 saturated heterocycles. The summed E-state index contributed by atoms with van der Waals surface area (Å²) in [5.74, 6) is -0.00298. The van der Waals surface area contributed by atoms with Crippen LogP contribution in [0.15, 0.2) is 22.7 Å². The van der Waals surface area contributed by atoms with E-state index in [1.54, 1.807) is 12.1 Å². The van der Waals surface area contributed by atoms with E-state index in [0.29, 0.717) is 30.5 Å². The fraction of sp³-hybridized carbons (Fsp3) is 0.417. The largest absolute Gasteiger partial charge is 0.356 e. The number of nitro benzene ring substituents is 1. The molecule has 0 radical (unpaired) electrons. The molecule has 0 bridgehead atoms. The molecule has 0 spiro atoms. The third-order valence-electron chi connectivity index (χ3n) is 2.44. The average molecular weight is 330 g/mol. The SMILES string of the molecule is CCNC(=O)CCNCc1ccc(Br)c([N+](=O)[O-])c1. The zero-order valence-electron chi connectivity index (χ0n) is 10.6. The molecule has 0 atom stereocenters. The first-order chi connectivity index (χ1) is 9.04. The van der Waals surface area contributed by atoms with Gasteiger partial charge in [-0.1, -0.05) is 6.07 Å². The molecule has 0 aliphatic carbocycles. The number of nitro groups is 1. The molecule has 0 aliphatic rings. The van der Waals surface area contributed by atoms with Crippen LogP contribution < -0.4 is 10.6 Å². The van der Waals surface area contributed by atoms with E-state index in [9.17, 15) is 14.9 Å². The van der Waals surface area contributed by atoms with Crippen molar-refractivity contribution in [3.63, 3.8) is 0 Å². The number of rotatable bonds is 7. The summed E-state index contributed by atoms with van der Waals surface area (Å²) in [6.45, 7) is 3.52. The average Bonchev–Trinajstić information content (AvgIpc) is 2.36. The van der Waals surface area contributed by atoms with Gasteiger partial charge < -0.3 is 10.6 Å². The summed E-state index contributed by atoms with van der Waals surface area (Å²) in [6, 6.07) is 4.97. The minimum absolute atomic E-state index is 0.00298. The summed E-state index contributed by atoms with van der Waals surface area (Å²) in [7, 11) is 0. The van der Waals surface area contributed by atoms with E-state index in [4.69, 9.17) is 0 Å².